The van der Waals surface area contributed by atoms with Gasteiger partial charge in [-0.25, -0.2) is 22.9 Å². The van der Waals surface area contributed by atoms with Crippen LogP contribution in [0.2, 0.25) is 0 Å². The summed E-state index contributed by atoms with van der Waals surface area (Å²) in [6, 6.07) is 15.9. The van der Waals surface area contributed by atoms with Crippen molar-refractivity contribution in [2.75, 3.05) is 62.8 Å². The number of primary amides is 1. The van der Waals surface area contributed by atoms with Crippen LogP contribution in [0.4, 0.5) is 23.7 Å². The smallest absolute Gasteiger partial charge is 0.312 e. The van der Waals surface area contributed by atoms with Gasteiger partial charge in [0, 0.05) is 101 Å². The first kappa shape index (κ1) is 65.0. The van der Waals surface area contributed by atoms with E-state index >= 15 is 8.78 Å². The van der Waals surface area contributed by atoms with Crippen LogP contribution in [0.3, 0.4) is 0 Å². The molecule has 5 atom stereocenters. The lowest BCUT2D eigenvalue weighted by Crippen LogP contribution is -2.54. The van der Waals surface area contributed by atoms with Crippen molar-refractivity contribution in [1.82, 2.24) is 40.6 Å². The number of unbranched alkanes of at least 4 members (excludes halogenated alkanes) is 2. The zero-order valence-corrected chi connectivity index (χ0v) is 48.9. The number of aromatic nitrogens is 2. The maximum atomic E-state index is 15.5. The fraction of sp³-hybridized carbons (Fsp3) is 0.492. The normalized spacial score (nSPS) is 17.1. The topological polar surface area (TPSA) is 265 Å². The van der Waals surface area contributed by atoms with E-state index in [4.69, 9.17) is 20.2 Å². The number of carbonyl (C=O) groups excluding carboxylic acids is 8. The largest absolute Gasteiger partial charge is 0.461 e. The number of halogens is 3. The highest BCUT2D eigenvalue weighted by molar-refractivity contribution is 7.99. The number of amides is 8. The molecule has 8 amide bonds. The molecule has 0 bridgehead atoms. The van der Waals surface area contributed by atoms with E-state index in [1.807, 2.05) is 34.9 Å². The third kappa shape index (κ3) is 19.7. The van der Waals surface area contributed by atoms with Gasteiger partial charge in [-0.05, 0) is 104 Å². The molecule has 4 aromatic rings. The molecular formula is C61H77F3N10O10S. The number of imidazole rings is 1. The van der Waals surface area contributed by atoms with Crippen molar-refractivity contribution >= 4 is 64.9 Å². The molecule has 1 aromatic heterocycles. The van der Waals surface area contributed by atoms with Gasteiger partial charge in [-0.15, -0.1) is 0 Å². The molecule has 0 radical (unpaired) electrons. The van der Waals surface area contributed by atoms with Crippen molar-refractivity contribution in [2.45, 2.75) is 116 Å². The van der Waals surface area contributed by atoms with E-state index in [0.717, 1.165) is 28.7 Å². The van der Waals surface area contributed by atoms with Gasteiger partial charge >= 0.3 is 12.0 Å². The van der Waals surface area contributed by atoms with Crippen LogP contribution in [-0.4, -0.2) is 142 Å². The summed E-state index contributed by atoms with van der Waals surface area (Å²) >= 11 is 1.34. The summed E-state index contributed by atoms with van der Waals surface area (Å²) in [6.07, 6.45) is 6.56. The van der Waals surface area contributed by atoms with Crippen molar-refractivity contribution < 1.29 is 61.0 Å². The summed E-state index contributed by atoms with van der Waals surface area (Å²) in [5.41, 5.74) is 7.34. The molecular weight excluding hydrogens is 1120 g/mol. The van der Waals surface area contributed by atoms with E-state index in [0.29, 0.717) is 87.7 Å². The van der Waals surface area contributed by atoms with Crippen molar-refractivity contribution in [1.29, 1.82) is 0 Å². The SMILES string of the molecule is CC(C)[C@H](NC(=O)CCCCCN1C(=O)C=CC1=O)C(=O)N[C@@H](CCCNC(N)=O)C(=O)Nc1ccc(COC(=O)CCCSCC(=O)N(C[C@@H]2CNC[C@@H]2F)[C@@H](c2nc(-c3cc(F)ccc3F)cn2Cc2ccccc2)C2CCOCC2)cc1. The Kier molecular flexibility index (Phi) is 25.0. The first-order valence-electron chi connectivity index (χ1n) is 29.0. The van der Waals surface area contributed by atoms with Gasteiger partial charge in [-0.2, -0.15) is 11.8 Å². The molecule has 0 spiro atoms. The summed E-state index contributed by atoms with van der Waals surface area (Å²) in [5, 5.41) is 13.9. The standard InChI is InChI=1S/C61H77F3N10O10S/c1-39(2)56(71-51(75)14-7-4-8-27-73-52(76)22-23-53(73)77)60(81)70-49(13-9-26-67-61(65)82)59(80)68-45-19-16-41(17-20-45)37-84-55(79)15-10-30-85-38-54(78)74(35-43-32-66-33-48(43)64)57(42-24-28-83-29-25-42)58-69-50(46-31-44(62)18-21-47(46)63)36-72(58)34-40-11-5-3-6-12-40/h3,5-6,11-12,16-23,31,36,39,42-43,48-49,56-57,66H,4,7-10,13-15,24-30,32-35,37-38H2,1-2H3,(H,68,80)(H,70,81)(H,71,75)(H3,65,67,82)/t43-,48-,49-,56-,57+/m0/s1. The lowest BCUT2D eigenvalue weighted by molar-refractivity contribution is -0.145. The number of nitrogens with one attached hydrogen (secondary N) is 5. The third-order valence-electron chi connectivity index (χ3n) is 15.1. The Hall–Kier alpha value is -7.57. The number of carbonyl (C=O) groups is 8. The van der Waals surface area contributed by atoms with Crippen molar-refractivity contribution in [3.05, 3.63) is 120 Å². The van der Waals surface area contributed by atoms with E-state index in [1.54, 1.807) is 49.2 Å². The fourth-order valence-corrected chi connectivity index (χ4v) is 11.3. The predicted octanol–water partition coefficient (Wildman–Crippen LogP) is 6.49. The second kappa shape index (κ2) is 32.6. The molecule has 7 rings (SSSR count). The molecule has 7 N–H and O–H groups in total. The van der Waals surface area contributed by atoms with Gasteiger partial charge in [-0.3, -0.25) is 38.5 Å². The van der Waals surface area contributed by atoms with Gasteiger partial charge in [-0.1, -0.05) is 62.7 Å². The van der Waals surface area contributed by atoms with Gasteiger partial charge in [0.1, 0.15) is 42.3 Å². The number of imide groups is 1. The first-order valence-corrected chi connectivity index (χ1v) is 30.2. The summed E-state index contributed by atoms with van der Waals surface area (Å²) < 4.78 is 58.7. The van der Waals surface area contributed by atoms with E-state index in [1.165, 1.54) is 23.9 Å². The Morgan fingerprint density at radius 1 is 0.871 bits per heavy atom. The van der Waals surface area contributed by atoms with Gasteiger partial charge in [0.25, 0.3) is 11.8 Å². The van der Waals surface area contributed by atoms with Gasteiger partial charge in [0.05, 0.1) is 17.5 Å². The van der Waals surface area contributed by atoms with Crippen molar-refractivity contribution in [3.63, 3.8) is 0 Å². The van der Waals surface area contributed by atoms with Crippen molar-refractivity contribution in [2.24, 2.45) is 23.5 Å². The Morgan fingerprint density at radius 2 is 1.61 bits per heavy atom. The maximum Gasteiger partial charge on any atom is 0.312 e. The van der Waals surface area contributed by atoms with Crippen LogP contribution in [0.25, 0.3) is 11.3 Å². The van der Waals surface area contributed by atoms with Crippen LogP contribution in [0, 0.1) is 29.4 Å². The highest BCUT2D eigenvalue weighted by Crippen LogP contribution is 2.38. The van der Waals surface area contributed by atoms with E-state index in [9.17, 15) is 42.7 Å². The molecule has 3 aromatic carbocycles. The minimum atomic E-state index is -1.20. The summed E-state index contributed by atoms with van der Waals surface area (Å²) in [5.74, 6) is -4.33. The fourth-order valence-electron chi connectivity index (χ4n) is 10.5. The highest BCUT2D eigenvalue weighted by atomic mass is 32.2. The molecule has 0 unspecified atom stereocenters. The highest BCUT2D eigenvalue weighted by Gasteiger charge is 2.40. The maximum absolute atomic E-state index is 15.5. The monoisotopic (exact) mass is 1200 g/mol. The van der Waals surface area contributed by atoms with Crippen LogP contribution in [-0.2, 0) is 56.2 Å². The average Bonchev–Trinajstić information content (AvgIpc) is 2.97. The number of hydrogen-bond acceptors (Lipinski definition) is 13. The first-order chi connectivity index (χ1) is 40.9. The zero-order chi connectivity index (χ0) is 60.8. The Balaban J connectivity index is 0.914. The molecule has 85 heavy (non-hydrogen) atoms. The number of benzene rings is 3. The molecule has 24 heteroatoms. The quantitative estimate of drug-likeness (QED) is 0.0174. The molecule has 2 saturated heterocycles. The van der Waals surface area contributed by atoms with Crippen LogP contribution in [0.1, 0.15) is 101 Å². The second-order valence-electron chi connectivity index (χ2n) is 21.9. The number of urea groups is 1. The molecule has 458 valence electrons. The van der Waals surface area contributed by atoms with Gasteiger partial charge in [0.15, 0.2) is 0 Å². The van der Waals surface area contributed by atoms with E-state index in [2.05, 4.69) is 26.6 Å². The third-order valence-corrected chi connectivity index (χ3v) is 16.1. The number of rotatable bonds is 32. The predicted molar refractivity (Wildman–Crippen MR) is 314 cm³/mol. The molecule has 3 aliphatic rings. The second-order valence-corrected chi connectivity index (χ2v) is 23.0. The minimum Gasteiger partial charge on any atom is -0.461 e. The Bertz CT molecular complexity index is 2950. The number of anilines is 1. The molecule has 20 nitrogen and oxygen atoms in total. The molecule has 4 heterocycles. The number of hydrogen-bond donors (Lipinski definition) is 6. The number of nitrogens with two attached hydrogens (primary N) is 1. The lowest BCUT2D eigenvalue weighted by Gasteiger charge is -2.40. The van der Waals surface area contributed by atoms with Crippen molar-refractivity contribution in [3.8, 4) is 11.3 Å². The number of ether oxygens (including phenoxy) is 2. The average molecular weight is 1200 g/mol. The molecule has 0 aliphatic carbocycles. The summed E-state index contributed by atoms with van der Waals surface area (Å²) in [7, 11) is 0. The lowest BCUT2D eigenvalue weighted by atomic mass is 9.88. The van der Waals surface area contributed by atoms with Crippen LogP contribution < -0.4 is 32.3 Å². The molecule has 2 fully saturated rings. The number of thioether (sulfide) groups is 1. The summed E-state index contributed by atoms with van der Waals surface area (Å²) in [4.78, 5) is 111. The number of alkyl halides is 1. The Morgan fingerprint density at radius 3 is 2.31 bits per heavy atom. The van der Waals surface area contributed by atoms with Crippen LogP contribution >= 0.6 is 11.8 Å². The number of esters is 1. The van der Waals surface area contributed by atoms with Crippen LogP contribution in [0.15, 0.2) is 91.1 Å². The Labute approximate surface area is 497 Å². The van der Waals surface area contributed by atoms with E-state index in [-0.39, 0.29) is 111 Å². The van der Waals surface area contributed by atoms with Crippen LogP contribution in [0.5, 0.6) is 0 Å². The molecule has 0 saturated carbocycles. The van der Waals surface area contributed by atoms with Gasteiger partial charge < -0.3 is 51.3 Å². The van der Waals surface area contributed by atoms with Gasteiger partial charge in [0.2, 0.25) is 23.6 Å². The van der Waals surface area contributed by atoms with E-state index < -0.39 is 65.7 Å². The zero-order valence-electron chi connectivity index (χ0n) is 48.0. The number of nitrogens with zero attached hydrogens (tertiary/aromatic N) is 4. The summed E-state index contributed by atoms with van der Waals surface area (Å²) in [6.45, 7) is 5.64. The molecule has 3 aliphatic heterocycles. The minimum absolute atomic E-state index is 0.0210.